The summed E-state index contributed by atoms with van der Waals surface area (Å²) >= 11 is 0. The molecule has 2 atom stereocenters. The second kappa shape index (κ2) is 4.23. The quantitative estimate of drug-likeness (QED) is 0.768. The van der Waals surface area contributed by atoms with Gasteiger partial charge in [0.1, 0.15) is 5.69 Å². The first kappa shape index (κ1) is 11.1. The van der Waals surface area contributed by atoms with Gasteiger partial charge < -0.3 is 4.90 Å². The lowest BCUT2D eigenvalue weighted by atomic mass is 9.92. The molecule has 1 aromatic heterocycles. The van der Waals surface area contributed by atoms with Crippen LogP contribution in [0.15, 0.2) is 4.79 Å². The van der Waals surface area contributed by atoms with Gasteiger partial charge in [0.25, 0.3) is 0 Å². The van der Waals surface area contributed by atoms with Crippen molar-refractivity contribution in [3.63, 3.8) is 0 Å². The summed E-state index contributed by atoms with van der Waals surface area (Å²) in [7, 11) is 0. The Kier molecular flexibility index (Phi) is 2.94. The van der Waals surface area contributed by atoms with E-state index in [1.807, 2.05) is 6.92 Å². The number of piperidine rings is 1. The molecule has 5 nitrogen and oxygen atoms in total. The minimum atomic E-state index is -0.369. The maximum atomic E-state index is 11.2. The monoisotopic (exact) mass is 222 g/mol. The van der Waals surface area contributed by atoms with E-state index in [-0.39, 0.29) is 5.69 Å². The van der Waals surface area contributed by atoms with E-state index in [9.17, 15) is 4.79 Å². The molecule has 1 N–H and O–H groups in total. The molecule has 0 radical (unpaired) electrons. The van der Waals surface area contributed by atoms with Gasteiger partial charge in [0.15, 0.2) is 5.82 Å². The van der Waals surface area contributed by atoms with Crippen LogP contribution in [0.2, 0.25) is 0 Å². The molecule has 1 saturated heterocycles. The van der Waals surface area contributed by atoms with E-state index >= 15 is 0 Å². The Bertz CT molecular complexity index is 418. The first-order chi connectivity index (χ1) is 7.56. The van der Waals surface area contributed by atoms with Crippen molar-refractivity contribution in [3.8, 4) is 0 Å². The molecule has 0 aliphatic carbocycles. The molecular formula is C11H18N4O. The largest absolute Gasteiger partial charge is 0.363 e. The smallest absolute Gasteiger partial charge is 0.354 e. The van der Waals surface area contributed by atoms with E-state index in [2.05, 4.69) is 33.9 Å². The fourth-order valence-electron chi connectivity index (χ4n) is 2.52. The Balaban J connectivity index is 2.29. The molecule has 2 rings (SSSR count). The molecule has 1 aliphatic heterocycles. The van der Waals surface area contributed by atoms with Crippen LogP contribution in [0.3, 0.4) is 0 Å². The van der Waals surface area contributed by atoms with E-state index < -0.39 is 0 Å². The average molecular weight is 222 g/mol. The van der Waals surface area contributed by atoms with Gasteiger partial charge in [-0.2, -0.15) is 10.1 Å². The minimum Gasteiger partial charge on any atom is -0.354 e. The number of hydrogen-bond acceptors (Lipinski definition) is 4. The summed E-state index contributed by atoms with van der Waals surface area (Å²) in [5, 5.41) is 6.32. The molecule has 0 saturated carbocycles. The molecule has 0 spiro atoms. The Hall–Kier alpha value is -1.39. The van der Waals surface area contributed by atoms with Crippen LogP contribution in [0, 0.1) is 18.8 Å². The van der Waals surface area contributed by atoms with Crippen molar-refractivity contribution in [1.29, 1.82) is 0 Å². The van der Waals surface area contributed by atoms with Crippen LogP contribution < -0.4 is 10.6 Å². The second-order valence-corrected chi connectivity index (χ2v) is 4.90. The lowest BCUT2D eigenvalue weighted by molar-refractivity contribution is 0.354. The predicted molar refractivity (Wildman–Crippen MR) is 62.5 cm³/mol. The first-order valence-electron chi connectivity index (χ1n) is 5.74. The summed E-state index contributed by atoms with van der Waals surface area (Å²) in [6, 6.07) is 0. The van der Waals surface area contributed by atoms with Crippen molar-refractivity contribution in [2.45, 2.75) is 27.2 Å². The summed E-state index contributed by atoms with van der Waals surface area (Å²) < 4.78 is 0. The molecule has 88 valence electrons. The van der Waals surface area contributed by atoms with Gasteiger partial charge >= 0.3 is 5.69 Å². The zero-order valence-corrected chi connectivity index (χ0v) is 10.0. The predicted octanol–water partition coefficient (Wildman–Crippen LogP) is 0.956. The molecular weight excluding hydrogens is 204 g/mol. The molecule has 16 heavy (non-hydrogen) atoms. The molecule has 1 aliphatic rings. The summed E-state index contributed by atoms with van der Waals surface area (Å²) in [5.74, 6) is 2.02. The number of H-pyrrole nitrogens is 1. The van der Waals surface area contributed by atoms with Crippen LogP contribution >= 0.6 is 0 Å². The van der Waals surface area contributed by atoms with Crippen molar-refractivity contribution in [2.75, 3.05) is 18.0 Å². The molecule has 2 heterocycles. The van der Waals surface area contributed by atoms with Crippen LogP contribution in [0.4, 0.5) is 5.82 Å². The third-order valence-electron chi connectivity index (χ3n) is 3.02. The molecule has 0 amide bonds. The standard InChI is InChI=1S/C11H18N4O/c1-7-4-8(2)6-15(5-7)10-9(3)13-14-11(16)12-10/h7-8H,4-6H2,1-3H3,(H,12,14,16). The number of aryl methyl sites for hydroxylation is 1. The van der Waals surface area contributed by atoms with Gasteiger partial charge in [0.05, 0.1) is 0 Å². The highest BCUT2D eigenvalue weighted by Crippen LogP contribution is 2.25. The van der Waals surface area contributed by atoms with Crippen molar-refractivity contribution in [3.05, 3.63) is 16.2 Å². The normalized spacial score (nSPS) is 25.8. The van der Waals surface area contributed by atoms with Crippen LogP contribution in [0.5, 0.6) is 0 Å². The topological polar surface area (TPSA) is 61.9 Å². The third kappa shape index (κ3) is 2.23. The van der Waals surface area contributed by atoms with E-state index in [1.54, 1.807) is 0 Å². The van der Waals surface area contributed by atoms with E-state index in [0.29, 0.717) is 11.8 Å². The van der Waals surface area contributed by atoms with Gasteiger partial charge in [-0.25, -0.2) is 9.89 Å². The molecule has 2 unspecified atom stereocenters. The van der Waals surface area contributed by atoms with Gasteiger partial charge in [0, 0.05) is 13.1 Å². The van der Waals surface area contributed by atoms with Gasteiger partial charge in [0.2, 0.25) is 0 Å². The zero-order chi connectivity index (χ0) is 11.7. The van der Waals surface area contributed by atoms with Gasteiger partial charge in [-0.05, 0) is 25.2 Å². The Morgan fingerprint density at radius 3 is 2.56 bits per heavy atom. The number of anilines is 1. The van der Waals surface area contributed by atoms with Gasteiger partial charge in [-0.3, -0.25) is 0 Å². The maximum Gasteiger partial charge on any atom is 0.363 e. The SMILES string of the molecule is Cc1n[nH]c(=O)nc1N1CC(C)CC(C)C1. The summed E-state index contributed by atoms with van der Waals surface area (Å²) in [6.45, 7) is 8.27. The van der Waals surface area contributed by atoms with Crippen LogP contribution in [-0.2, 0) is 0 Å². The van der Waals surface area contributed by atoms with E-state index in [0.717, 1.165) is 24.6 Å². The van der Waals surface area contributed by atoms with Gasteiger partial charge in [-0.1, -0.05) is 13.8 Å². The summed E-state index contributed by atoms with van der Waals surface area (Å²) in [6.07, 6.45) is 1.24. The fourth-order valence-corrected chi connectivity index (χ4v) is 2.52. The van der Waals surface area contributed by atoms with E-state index in [4.69, 9.17) is 0 Å². The van der Waals surface area contributed by atoms with E-state index in [1.165, 1.54) is 6.42 Å². The molecule has 1 fully saturated rings. The fraction of sp³-hybridized carbons (Fsp3) is 0.727. The third-order valence-corrected chi connectivity index (χ3v) is 3.02. The van der Waals surface area contributed by atoms with Crippen LogP contribution in [0.1, 0.15) is 26.0 Å². The average Bonchev–Trinajstić information content (AvgIpc) is 2.20. The first-order valence-corrected chi connectivity index (χ1v) is 5.74. The highest BCUT2D eigenvalue weighted by Gasteiger charge is 2.24. The lowest BCUT2D eigenvalue weighted by Crippen LogP contribution is -2.40. The number of nitrogens with zero attached hydrogens (tertiary/aromatic N) is 3. The zero-order valence-electron chi connectivity index (χ0n) is 10.0. The Morgan fingerprint density at radius 2 is 1.94 bits per heavy atom. The number of hydrogen-bond donors (Lipinski definition) is 1. The van der Waals surface area contributed by atoms with Crippen molar-refractivity contribution >= 4 is 5.82 Å². The Labute approximate surface area is 94.9 Å². The number of aromatic nitrogens is 3. The molecule has 5 heteroatoms. The lowest BCUT2D eigenvalue weighted by Gasteiger charge is -2.35. The maximum absolute atomic E-state index is 11.2. The Morgan fingerprint density at radius 1 is 1.31 bits per heavy atom. The van der Waals surface area contributed by atoms with Crippen molar-refractivity contribution in [2.24, 2.45) is 11.8 Å². The van der Waals surface area contributed by atoms with Crippen molar-refractivity contribution in [1.82, 2.24) is 15.2 Å². The second-order valence-electron chi connectivity index (χ2n) is 4.90. The molecule has 1 aromatic rings. The molecule has 0 aromatic carbocycles. The van der Waals surface area contributed by atoms with Crippen LogP contribution in [-0.4, -0.2) is 28.3 Å². The van der Waals surface area contributed by atoms with Gasteiger partial charge in [-0.15, -0.1) is 0 Å². The summed E-state index contributed by atoms with van der Waals surface area (Å²) in [4.78, 5) is 17.4. The van der Waals surface area contributed by atoms with Crippen molar-refractivity contribution < 1.29 is 0 Å². The number of nitrogens with one attached hydrogen (secondary N) is 1. The summed E-state index contributed by atoms with van der Waals surface area (Å²) in [5.41, 5.74) is 0.423. The molecule has 0 bridgehead atoms. The minimum absolute atomic E-state index is 0.369. The number of aromatic amines is 1. The highest BCUT2D eigenvalue weighted by molar-refractivity contribution is 5.42. The highest BCUT2D eigenvalue weighted by atomic mass is 16.1. The number of rotatable bonds is 1. The van der Waals surface area contributed by atoms with Crippen LogP contribution in [0.25, 0.3) is 0 Å².